The van der Waals surface area contributed by atoms with E-state index in [2.05, 4.69) is 26.9 Å². The van der Waals surface area contributed by atoms with Gasteiger partial charge in [-0.3, -0.25) is 9.88 Å². The number of carbonyl (C=O) groups is 1. The summed E-state index contributed by atoms with van der Waals surface area (Å²) in [5.41, 5.74) is 0.421. The first-order valence-electron chi connectivity index (χ1n) is 10.3. The maximum absolute atomic E-state index is 12.0. The van der Waals surface area contributed by atoms with Gasteiger partial charge in [0.15, 0.2) is 0 Å². The van der Waals surface area contributed by atoms with Crippen molar-refractivity contribution in [2.24, 2.45) is 11.3 Å². The molecule has 0 N–H and O–H groups in total. The van der Waals surface area contributed by atoms with Crippen molar-refractivity contribution in [1.82, 2.24) is 25.1 Å². The Kier molecular flexibility index (Phi) is 6.97. The summed E-state index contributed by atoms with van der Waals surface area (Å²) in [6, 6.07) is 3.74. The molecule has 3 rings (SSSR count). The van der Waals surface area contributed by atoms with Crippen LogP contribution < -0.4 is 0 Å². The van der Waals surface area contributed by atoms with Gasteiger partial charge in [0.1, 0.15) is 0 Å². The Morgan fingerprint density at radius 3 is 2.59 bits per heavy atom. The Morgan fingerprint density at radius 2 is 1.97 bits per heavy atom. The van der Waals surface area contributed by atoms with Crippen molar-refractivity contribution < 1.29 is 14.2 Å². The van der Waals surface area contributed by atoms with E-state index >= 15 is 0 Å². The van der Waals surface area contributed by atoms with Crippen LogP contribution in [-0.2, 0) is 16.2 Å². The summed E-state index contributed by atoms with van der Waals surface area (Å²) in [6.45, 7) is 11.8. The Hall–Kier alpha value is -2.32. The lowest BCUT2D eigenvalue weighted by Crippen LogP contribution is -2.41. The van der Waals surface area contributed by atoms with Crippen LogP contribution in [0.15, 0.2) is 29.0 Å². The van der Waals surface area contributed by atoms with Gasteiger partial charge in [0.2, 0.25) is 11.7 Å². The first-order chi connectivity index (χ1) is 13.8. The van der Waals surface area contributed by atoms with E-state index in [1.807, 2.05) is 32.9 Å². The van der Waals surface area contributed by atoms with Crippen LogP contribution in [0.1, 0.15) is 46.4 Å². The molecule has 1 saturated heterocycles. The molecule has 1 aliphatic rings. The summed E-state index contributed by atoms with van der Waals surface area (Å²) in [7, 11) is 0. The number of aromatic nitrogens is 3. The summed E-state index contributed by atoms with van der Waals surface area (Å²) in [5, 5.41) is 5.89. The SMILES string of the molecule is CCN(Cc1nc(-c2ccncc2)no1)CC1CCN(OC(=O)C(C)(C)C)CC1. The molecule has 158 valence electrons. The zero-order valence-electron chi connectivity index (χ0n) is 17.8. The quantitative estimate of drug-likeness (QED) is 0.699. The molecule has 8 nitrogen and oxygen atoms in total. The minimum Gasteiger partial charge on any atom is -0.367 e. The molecule has 0 atom stereocenters. The second kappa shape index (κ2) is 9.45. The highest BCUT2D eigenvalue weighted by Gasteiger charge is 2.29. The molecular weight excluding hydrogens is 370 g/mol. The highest BCUT2D eigenvalue weighted by atomic mass is 16.7. The van der Waals surface area contributed by atoms with Crippen LogP contribution >= 0.6 is 0 Å². The molecule has 0 amide bonds. The van der Waals surface area contributed by atoms with Crippen LogP contribution in [0.3, 0.4) is 0 Å². The summed E-state index contributed by atoms with van der Waals surface area (Å²) in [4.78, 5) is 28.4. The highest BCUT2D eigenvalue weighted by molar-refractivity contribution is 5.75. The number of rotatable bonds is 7. The van der Waals surface area contributed by atoms with Crippen molar-refractivity contribution in [3.05, 3.63) is 30.4 Å². The van der Waals surface area contributed by atoms with Gasteiger partial charge in [-0.15, -0.1) is 5.06 Å². The fourth-order valence-electron chi connectivity index (χ4n) is 3.24. The second-order valence-corrected chi connectivity index (χ2v) is 8.58. The topological polar surface area (TPSA) is 84.6 Å². The van der Waals surface area contributed by atoms with Gasteiger partial charge in [-0.05, 0) is 58.2 Å². The maximum Gasteiger partial charge on any atom is 0.330 e. The number of carbonyl (C=O) groups excluding carboxylic acids is 1. The summed E-state index contributed by atoms with van der Waals surface area (Å²) < 4.78 is 5.44. The maximum atomic E-state index is 12.0. The van der Waals surface area contributed by atoms with E-state index < -0.39 is 5.41 Å². The average Bonchev–Trinajstić information content (AvgIpc) is 3.17. The molecule has 0 aromatic carbocycles. The number of hydrogen-bond acceptors (Lipinski definition) is 8. The van der Waals surface area contributed by atoms with Gasteiger partial charge in [-0.25, -0.2) is 4.79 Å². The molecule has 1 fully saturated rings. The third-order valence-electron chi connectivity index (χ3n) is 5.13. The number of hydroxylamine groups is 2. The van der Waals surface area contributed by atoms with Crippen LogP contribution in [0.25, 0.3) is 11.4 Å². The lowest BCUT2D eigenvalue weighted by atomic mass is 9.96. The van der Waals surface area contributed by atoms with E-state index in [1.54, 1.807) is 17.5 Å². The van der Waals surface area contributed by atoms with Gasteiger partial charge in [0.25, 0.3) is 0 Å². The van der Waals surface area contributed by atoms with Crippen molar-refractivity contribution >= 4 is 5.97 Å². The van der Waals surface area contributed by atoms with Gasteiger partial charge in [-0.1, -0.05) is 12.1 Å². The van der Waals surface area contributed by atoms with E-state index in [1.165, 1.54) is 0 Å². The van der Waals surface area contributed by atoms with Crippen molar-refractivity contribution in [2.75, 3.05) is 26.2 Å². The smallest absolute Gasteiger partial charge is 0.330 e. The van der Waals surface area contributed by atoms with Crippen molar-refractivity contribution in [1.29, 1.82) is 0 Å². The highest BCUT2D eigenvalue weighted by Crippen LogP contribution is 2.23. The molecule has 2 aromatic rings. The largest absolute Gasteiger partial charge is 0.367 e. The lowest BCUT2D eigenvalue weighted by Gasteiger charge is -2.34. The molecule has 29 heavy (non-hydrogen) atoms. The zero-order chi connectivity index (χ0) is 20.9. The molecule has 1 aliphatic heterocycles. The monoisotopic (exact) mass is 401 g/mol. The third-order valence-corrected chi connectivity index (χ3v) is 5.13. The normalized spacial score (nSPS) is 16.3. The minimum atomic E-state index is -0.477. The predicted octanol–water partition coefficient (Wildman–Crippen LogP) is 3.17. The molecule has 0 bridgehead atoms. The van der Waals surface area contributed by atoms with Crippen LogP contribution in [0.5, 0.6) is 0 Å². The molecule has 2 aromatic heterocycles. The number of nitrogens with zero attached hydrogens (tertiary/aromatic N) is 5. The van der Waals surface area contributed by atoms with Crippen molar-refractivity contribution in [2.45, 2.75) is 47.1 Å². The molecule has 0 radical (unpaired) electrons. The van der Waals surface area contributed by atoms with Crippen LogP contribution in [-0.4, -0.2) is 57.2 Å². The first-order valence-corrected chi connectivity index (χ1v) is 10.3. The number of piperidine rings is 1. The molecule has 8 heteroatoms. The molecule has 3 heterocycles. The number of pyridine rings is 1. The lowest BCUT2D eigenvalue weighted by molar-refractivity contribution is -0.206. The third kappa shape index (κ3) is 6.08. The van der Waals surface area contributed by atoms with Crippen LogP contribution in [0, 0.1) is 11.3 Å². The summed E-state index contributed by atoms with van der Waals surface area (Å²) in [6.07, 6.45) is 5.43. The van der Waals surface area contributed by atoms with E-state index in [0.29, 0.717) is 24.2 Å². The molecule has 0 saturated carbocycles. The van der Waals surface area contributed by atoms with Gasteiger partial charge >= 0.3 is 5.97 Å². The Bertz CT molecular complexity index is 779. The second-order valence-electron chi connectivity index (χ2n) is 8.58. The molecule has 0 aliphatic carbocycles. The van der Waals surface area contributed by atoms with E-state index in [-0.39, 0.29) is 5.97 Å². The molecule has 0 spiro atoms. The number of hydrogen-bond donors (Lipinski definition) is 0. The van der Waals surface area contributed by atoms with Crippen LogP contribution in [0.2, 0.25) is 0 Å². The first kappa shape index (κ1) is 21.4. The Balaban J connectivity index is 1.48. The Labute approximate surface area is 172 Å². The van der Waals surface area contributed by atoms with Crippen LogP contribution in [0.4, 0.5) is 0 Å². The van der Waals surface area contributed by atoms with E-state index in [0.717, 1.165) is 44.6 Å². The minimum absolute atomic E-state index is 0.174. The van der Waals surface area contributed by atoms with Gasteiger partial charge in [0, 0.05) is 37.6 Å². The fourth-order valence-corrected chi connectivity index (χ4v) is 3.24. The average molecular weight is 402 g/mol. The standard InChI is InChI=1S/C21H31N5O3/c1-5-25(15-18-23-19(24-28-18)17-6-10-22-11-7-17)14-16-8-12-26(13-9-16)29-20(27)21(2,3)4/h6-7,10-11,16H,5,8-9,12-15H2,1-4H3. The summed E-state index contributed by atoms with van der Waals surface area (Å²) in [5.74, 6) is 1.59. The van der Waals surface area contributed by atoms with E-state index in [4.69, 9.17) is 9.36 Å². The molecular formula is C21H31N5O3. The van der Waals surface area contributed by atoms with Crippen molar-refractivity contribution in [3.63, 3.8) is 0 Å². The summed E-state index contributed by atoms with van der Waals surface area (Å²) >= 11 is 0. The Morgan fingerprint density at radius 1 is 1.28 bits per heavy atom. The zero-order valence-corrected chi connectivity index (χ0v) is 17.8. The fraction of sp³-hybridized carbons (Fsp3) is 0.619. The van der Waals surface area contributed by atoms with Gasteiger partial charge in [0.05, 0.1) is 12.0 Å². The van der Waals surface area contributed by atoms with E-state index in [9.17, 15) is 4.79 Å². The van der Waals surface area contributed by atoms with Gasteiger partial charge < -0.3 is 9.36 Å². The van der Waals surface area contributed by atoms with Gasteiger partial charge in [-0.2, -0.15) is 4.98 Å². The predicted molar refractivity (Wildman–Crippen MR) is 108 cm³/mol. The van der Waals surface area contributed by atoms with Crippen molar-refractivity contribution in [3.8, 4) is 11.4 Å². The molecule has 0 unspecified atom stereocenters.